The van der Waals surface area contributed by atoms with Crippen LogP contribution < -0.4 is 10.1 Å². The second-order valence-electron chi connectivity index (χ2n) is 6.46. The fourth-order valence-corrected chi connectivity index (χ4v) is 3.84. The molecule has 24 heavy (non-hydrogen) atoms. The zero-order valence-electron chi connectivity index (χ0n) is 13.7. The third-order valence-electron chi connectivity index (χ3n) is 4.77. The predicted molar refractivity (Wildman–Crippen MR) is 94.8 cm³/mol. The van der Waals surface area contributed by atoms with E-state index in [1.807, 2.05) is 25.1 Å². The van der Waals surface area contributed by atoms with Gasteiger partial charge < -0.3 is 4.74 Å². The number of benzene rings is 1. The van der Waals surface area contributed by atoms with Crippen LogP contribution in [0.1, 0.15) is 40.1 Å². The van der Waals surface area contributed by atoms with Crippen molar-refractivity contribution in [3.8, 4) is 5.75 Å². The van der Waals surface area contributed by atoms with Crippen LogP contribution in [0.5, 0.6) is 5.75 Å². The first-order chi connectivity index (χ1) is 11.7. The summed E-state index contributed by atoms with van der Waals surface area (Å²) in [5, 5.41) is 3.48. The van der Waals surface area contributed by atoms with Crippen molar-refractivity contribution in [2.24, 2.45) is 0 Å². The Labute approximate surface area is 145 Å². The second kappa shape index (κ2) is 6.53. The Kier molecular flexibility index (Phi) is 4.24. The summed E-state index contributed by atoms with van der Waals surface area (Å²) in [5.41, 5.74) is 1.78. The number of nitrogens with one attached hydrogen (secondary N) is 1. The lowest BCUT2D eigenvalue weighted by Crippen LogP contribution is -2.40. The summed E-state index contributed by atoms with van der Waals surface area (Å²) in [6.45, 7) is 4.52. The zero-order chi connectivity index (χ0) is 16.5. The van der Waals surface area contributed by atoms with E-state index < -0.39 is 0 Å². The summed E-state index contributed by atoms with van der Waals surface area (Å²) in [7, 11) is 0. The molecule has 1 N–H and O–H groups in total. The lowest BCUT2D eigenvalue weighted by Gasteiger charge is -2.36. The Balaban J connectivity index is 1.50. The molecule has 2 aromatic rings. The minimum absolute atomic E-state index is 0.143. The van der Waals surface area contributed by atoms with Gasteiger partial charge in [-0.3, -0.25) is 15.0 Å². The van der Waals surface area contributed by atoms with Crippen LogP contribution in [-0.2, 0) is 6.54 Å². The number of rotatable bonds is 3. The molecular formula is C18H21N3O2S. The number of ether oxygens (including phenoxy) is 1. The van der Waals surface area contributed by atoms with E-state index in [0.717, 1.165) is 23.7 Å². The highest BCUT2D eigenvalue weighted by atomic mass is 32.1. The van der Waals surface area contributed by atoms with Crippen LogP contribution >= 0.6 is 11.3 Å². The maximum absolute atomic E-state index is 12.4. The molecule has 0 bridgehead atoms. The Morgan fingerprint density at radius 3 is 3.00 bits per heavy atom. The van der Waals surface area contributed by atoms with Crippen molar-refractivity contribution in [2.45, 2.75) is 38.8 Å². The molecule has 1 fully saturated rings. The highest BCUT2D eigenvalue weighted by Gasteiger charge is 2.27. The Morgan fingerprint density at radius 1 is 1.42 bits per heavy atom. The molecule has 0 saturated heterocycles. The van der Waals surface area contributed by atoms with E-state index in [0.29, 0.717) is 23.3 Å². The maximum atomic E-state index is 12.4. The summed E-state index contributed by atoms with van der Waals surface area (Å²) in [6.07, 6.45) is 5.69. The number of amides is 1. The van der Waals surface area contributed by atoms with E-state index in [1.54, 1.807) is 6.20 Å². The van der Waals surface area contributed by atoms with Gasteiger partial charge in [0, 0.05) is 41.3 Å². The quantitative estimate of drug-likeness (QED) is 0.927. The van der Waals surface area contributed by atoms with E-state index in [1.165, 1.54) is 36.2 Å². The van der Waals surface area contributed by atoms with Gasteiger partial charge in [-0.1, -0.05) is 12.5 Å². The standard InChI is InChI=1S/C18H21N3O2S/c1-12-10-19-18(24-12)20-17(22)13-5-6-14-11-21(15-3-2-4-15)7-8-23-16(14)9-13/h5-6,9-10,15H,2-4,7-8,11H2,1H3,(H,19,20,22). The summed E-state index contributed by atoms with van der Waals surface area (Å²) < 4.78 is 5.91. The molecule has 6 heteroatoms. The summed E-state index contributed by atoms with van der Waals surface area (Å²) in [5.74, 6) is 0.690. The lowest BCUT2D eigenvalue weighted by molar-refractivity contribution is 0.102. The molecule has 1 aliphatic heterocycles. The predicted octanol–water partition coefficient (Wildman–Crippen LogP) is 3.45. The lowest BCUT2D eigenvalue weighted by atomic mass is 9.91. The number of carbonyl (C=O) groups is 1. The SMILES string of the molecule is Cc1cnc(NC(=O)c2ccc3c(c2)OCCN(C2CCC2)C3)s1. The normalized spacial score (nSPS) is 18.2. The largest absolute Gasteiger partial charge is 0.492 e. The van der Waals surface area contributed by atoms with Gasteiger partial charge in [-0.05, 0) is 31.9 Å². The molecule has 0 atom stereocenters. The molecule has 1 aromatic carbocycles. The number of hydrogen-bond acceptors (Lipinski definition) is 5. The highest BCUT2D eigenvalue weighted by molar-refractivity contribution is 7.15. The number of nitrogens with zero attached hydrogens (tertiary/aromatic N) is 2. The van der Waals surface area contributed by atoms with Crippen LogP contribution in [0, 0.1) is 6.92 Å². The van der Waals surface area contributed by atoms with E-state index in [9.17, 15) is 4.79 Å². The number of aromatic nitrogens is 1. The minimum Gasteiger partial charge on any atom is -0.492 e. The summed E-state index contributed by atoms with van der Waals surface area (Å²) >= 11 is 1.47. The van der Waals surface area contributed by atoms with Crippen LogP contribution in [0.4, 0.5) is 5.13 Å². The fraction of sp³-hybridized carbons (Fsp3) is 0.444. The van der Waals surface area contributed by atoms with E-state index in [2.05, 4.69) is 15.2 Å². The van der Waals surface area contributed by atoms with Gasteiger partial charge in [0.05, 0.1) is 0 Å². The van der Waals surface area contributed by atoms with Gasteiger partial charge in [-0.15, -0.1) is 11.3 Å². The number of thiazole rings is 1. The number of carbonyl (C=O) groups excluding carboxylic acids is 1. The van der Waals surface area contributed by atoms with Gasteiger partial charge >= 0.3 is 0 Å². The van der Waals surface area contributed by atoms with Gasteiger partial charge in [0.25, 0.3) is 5.91 Å². The van der Waals surface area contributed by atoms with Crippen molar-refractivity contribution in [3.05, 3.63) is 40.4 Å². The monoisotopic (exact) mass is 343 g/mol. The van der Waals surface area contributed by atoms with E-state index in [4.69, 9.17) is 4.74 Å². The van der Waals surface area contributed by atoms with Crippen molar-refractivity contribution in [1.82, 2.24) is 9.88 Å². The molecule has 0 unspecified atom stereocenters. The second-order valence-corrected chi connectivity index (χ2v) is 7.69. The number of fused-ring (bicyclic) bond motifs is 1. The topological polar surface area (TPSA) is 54.5 Å². The first-order valence-electron chi connectivity index (χ1n) is 8.42. The van der Waals surface area contributed by atoms with Crippen LogP contribution in [0.15, 0.2) is 24.4 Å². The molecule has 0 radical (unpaired) electrons. The number of anilines is 1. The molecule has 2 heterocycles. The molecule has 1 aromatic heterocycles. The molecular weight excluding hydrogens is 322 g/mol. The molecule has 4 rings (SSSR count). The Morgan fingerprint density at radius 2 is 2.29 bits per heavy atom. The Hall–Kier alpha value is -1.92. The average molecular weight is 343 g/mol. The Bertz CT molecular complexity index is 754. The fourth-order valence-electron chi connectivity index (χ4n) is 3.18. The maximum Gasteiger partial charge on any atom is 0.257 e. The van der Waals surface area contributed by atoms with Crippen molar-refractivity contribution in [1.29, 1.82) is 0 Å². The third-order valence-corrected chi connectivity index (χ3v) is 5.60. The molecule has 1 aliphatic carbocycles. The van der Waals surface area contributed by atoms with E-state index in [-0.39, 0.29) is 5.91 Å². The molecule has 5 nitrogen and oxygen atoms in total. The molecule has 0 spiro atoms. The molecule has 2 aliphatic rings. The smallest absolute Gasteiger partial charge is 0.257 e. The van der Waals surface area contributed by atoms with Crippen LogP contribution in [-0.4, -0.2) is 35.0 Å². The number of aryl methyl sites for hydroxylation is 1. The van der Waals surface area contributed by atoms with Gasteiger partial charge in [0.2, 0.25) is 0 Å². The van der Waals surface area contributed by atoms with Crippen LogP contribution in [0.2, 0.25) is 0 Å². The van der Waals surface area contributed by atoms with Crippen LogP contribution in [0.25, 0.3) is 0 Å². The van der Waals surface area contributed by atoms with Gasteiger partial charge in [-0.2, -0.15) is 0 Å². The van der Waals surface area contributed by atoms with Crippen molar-refractivity contribution >= 4 is 22.4 Å². The zero-order valence-corrected chi connectivity index (χ0v) is 14.6. The average Bonchev–Trinajstić information content (AvgIpc) is 2.80. The van der Waals surface area contributed by atoms with Gasteiger partial charge in [-0.25, -0.2) is 4.98 Å². The van der Waals surface area contributed by atoms with Crippen LogP contribution in [0.3, 0.4) is 0 Å². The summed E-state index contributed by atoms with van der Waals surface area (Å²) in [6, 6.07) is 6.46. The summed E-state index contributed by atoms with van der Waals surface area (Å²) in [4.78, 5) is 20.2. The van der Waals surface area contributed by atoms with Crippen molar-refractivity contribution in [3.63, 3.8) is 0 Å². The molecule has 1 saturated carbocycles. The van der Waals surface area contributed by atoms with Gasteiger partial charge in [0.15, 0.2) is 5.13 Å². The molecule has 1 amide bonds. The highest BCUT2D eigenvalue weighted by Crippen LogP contribution is 2.31. The first kappa shape index (κ1) is 15.6. The van der Waals surface area contributed by atoms with Crippen molar-refractivity contribution in [2.75, 3.05) is 18.5 Å². The third kappa shape index (κ3) is 3.16. The minimum atomic E-state index is -0.143. The first-order valence-corrected chi connectivity index (χ1v) is 9.24. The molecule has 126 valence electrons. The van der Waals surface area contributed by atoms with Crippen molar-refractivity contribution < 1.29 is 9.53 Å². The van der Waals surface area contributed by atoms with Gasteiger partial charge in [0.1, 0.15) is 12.4 Å². The van der Waals surface area contributed by atoms with E-state index >= 15 is 0 Å². The number of hydrogen-bond donors (Lipinski definition) is 1.